The largest absolute Gasteiger partial charge is 0.508 e. The number of nitrogens with one attached hydrogen (secondary N) is 1. The summed E-state index contributed by atoms with van der Waals surface area (Å²) < 4.78 is 5.99. The SMILES string of the molecule is CCCN(CCC)c1cc(/C=N/Nc2ccc(O)cc2)nc(OCCc2ccccn2)c1. The van der Waals surface area contributed by atoms with E-state index in [0.29, 0.717) is 24.6 Å². The van der Waals surface area contributed by atoms with Crippen molar-refractivity contribution in [3.05, 3.63) is 72.2 Å². The number of rotatable bonds is 12. The first kappa shape index (κ1) is 23.1. The van der Waals surface area contributed by atoms with Crippen LogP contribution in [0.5, 0.6) is 11.6 Å². The van der Waals surface area contributed by atoms with Crippen molar-refractivity contribution in [1.29, 1.82) is 0 Å². The van der Waals surface area contributed by atoms with Crippen molar-refractivity contribution in [1.82, 2.24) is 9.97 Å². The third-order valence-corrected chi connectivity index (χ3v) is 4.75. The molecule has 0 fully saturated rings. The van der Waals surface area contributed by atoms with Crippen LogP contribution in [0.4, 0.5) is 11.4 Å². The third kappa shape index (κ3) is 7.27. The molecule has 32 heavy (non-hydrogen) atoms. The average Bonchev–Trinajstić information content (AvgIpc) is 2.81. The van der Waals surface area contributed by atoms with E-state index in [2.05, 4.69) is 39.2 Å². The summed E-state index contributed by atoms with van der Waals surface area (Å²) in [4.78, 5) is 11.3. The van der Waals surface area contributed by atoms with Gasteiger partial charge in [-0.3, -0.25) is 10.4 Å². The highest BCUT2D eigenvalue weighted by Gasteiger charge is 2.10. The van der Waals surface area contributed by atoms with E-state index in [9.17, 15) is 5.11 Å². The van der Waals surface area contributed by atoms with E-state index in [1.54, 1.807) is 36.7 Å². The van der Waals surface area contributed by atoms with Crippen molar-refractivity contribution in [2.75, 3.05) is 30.0 Å². The van der Waals surface area contributed by atoms with E-state index in [4.69, 9.17) is 4.74 Å². The van der Waals surface area contributed by atoms with Crippen LogP contribution in [0.15, 0.2) is 65.9 Å². The van der Waals surface area contributed by atoms with Crippen molar-refractivity contribution >= 4 is 17.6 Å². The molecule has 0 atom stereocenters. The molecule has 0 saturated carbocycles. The van der Waals surface area contributed by atoms with Crippen LogP contribution in [-0.4, -0.2) is 41.0 Å². The van der Waals surface area contributed by atoms with E-state index in [1.165, 1.54) is 0 Å². The van der Waals surface area contributed by atoms with Crippen molar-refractivity contribution in [3.8, 4) is 11.6 Å². The molecular weight excluding hydrogens is 402 g/mol. The molecule has 1 aromatic carbocycles. The second-order valence-corrected chi connectivity index (χ2v) is 7.41. The predicted molar refractivity (Wildman–Crippen MR) is 130 cm³/mol. The Bertz CT molecular complexity index is 971. The van der Waals surface area contributed by atoms with E-state index >= 15 is 0 Å². The van der Waals surface area contributed by atoms with Gasteiger partial charge in [-0.25, -0.2) is 4.98 Å². The molecule has 2 heterocycles. The van der Waals surface area contributed by atoms with E-state index in [0.717, 1.165) is 43.0 Å². The highest BCUT2D eigenvalue weighted by Crippen LogP contribution is 2.22. The van der Waals surface area contributed by atoms with Gasteiger partial charge in [-0.05, 0) is 55.3 Å². The van der Waals surface area contributed by atoms with Gasteiger partial charge in [0.25, 0.3) is 0 Å². The molecule has 0 amide bonds. The van der Waals surface area contributed by atoms with Crippen molar-refractivity contribution in [2.45, 2.75) is 33.1 Å². The molecule has 3 rings (SSSR count). The van der Waals surface area contributed by atoms with E-state index in [-0.39, 0.29) is 5.75 Å². The molecule has 7 heteroatoms. The molecule has 0 radical (unpaired) electrons. The maximum absolute atomic E-state index is 9.41. The number of phenolic OH excluding ortho intramolecular Hbond substituents is 1. The predicted octanol–water partition coefficient (Wildman–Crippen LogP) is 4.88. The third-order valence-electron chi connectivity index (χ3n) is 4.75. The zero-order valence-corrected chi connectivity index (χ0v) is 18.7. The lowest BCUT2D eigenvalue weighted by Crippen LogP contribution is -2.25. The second kappa shape index (κ2) is 12.3. The Morgan fingerprint density at radius 1 is 1.06 bits per heavy atom. The van der Waals surface area contributed by atoms with Gasteiger partial charge in [0.2, 0.25) is 5.88 Å². The smallest absolute Gasteiger partial charge is 0.215 e. The number of ether oxygens (including phenoxy) is 1. The summed E-state index contributed by atoms with van der Waals surface area (Å²) in [5, 5.41) is 13.7. The maximum Gasteiger partial charge on any atom is 0.215 e. The van der Waals surface area contributed by atoms with Gasteiger partial charge < -0.3 is 14.7 Å². The Balaban J connectivity index is 1.75. The molecule has 0 bridgehead atoms. The van der Waals surface area contributed by atoms with Crippen LogP contribution < -0.4 is 15.1 Å². The van der Waals surface area contributed by atoms with Gasteiger partial charge >= 0.3 is 0 Å². The van der Waals surface area contributed by atoms with E-state index < -0.39 is 0 Å². The van der Waals surface area contributed by atoms with E-state index in [1.807, 2.05) is 30.3 Å². The van der Waals surface area contributed by atoms with Gasteiger partial charge in [0.1, 0.15) is 5.75 Å². The Labute approximate surface area is 189 Å². The molecule has 0 aliphatic carbocycles. The summed E-state index contributed by atoms with van der Waals surface area (Å²) in [6.07, 6.45) is 6.30. The molecule has 0 spiro atoms. The monoisotopic (exact) mass is 433 g/mol. The summed E-state index contributed by atoms with van der Waals surface area (Å²) in [6, 6.07) is 16.6. The number of anilines is 2. The van der Waals surface area contributed by atoms with Crippen LogP contribution in [0.3, 0.4) is 0 Å². The minimum Gasteiger partial charge on any atom is -0.508 e. The van der Waals surface area contributed by atoms with Crippen LogP contribution in [0, 0.1) is 0 Å². The summed E-state index contributed by atoms with van der Waals surface area (Å²) >= 11 is 0. The lowest BCUT2D eigenvalue weighted by molar-refractivity contribution is 0.308. The average molecular weight is 434 g/mol. The fraction of sp³-hybridized carbons (Fsp3) is 0.320. The lowest BCUT2D eigenvalue weighted by atomic mass is 10.2. The topological polar surface area (TPSA) is 82.9 Å². The van der Waals surface area contributed by atoms with Gasteiger partial charge in [-0.1, -0.05) is 19.9 Å². The lowest BCUT2D eigenvalue weighted by Gasteiger charge is -2.24. The molecule has 7 nitrogen and oxygen atoms in total. The molecule has 2 N–H and O–H groups in total. The van der Waals surface area contributed by atoms with Crippen LogP contribution >= 0.6 is 0 Å². The maximum atomic E-state index is 9.41. The van der Waals surface area contributed by atoms with Gasteiger partial charge in [0.15, 0.2) is 0 Å². The molecule has 3 aromatic rings. The number of pyridine rings is 2. The van der Waals surface area contributed by atoms with Crippen LogP contribution in [0.2, 0.25) is 0 Å². The first-order chi connectivity index (χ1) is 15.7. The Hall–Kier alpha value is -3.61. The Morgan fingerprint density at radius 3 is 2.53 bits per heavy atom. The molecule has 2 aromatic heterocycles. The molecule has 168 valence electrons. The second-order valence-electron chi connectivity index (χ2n) is 7.41. The van der Waals surface area contributed by atoms with Gasteiger partial charge in [-0.2, -0.15) is 5.10 Å². The molecular formula is C25H31N5O2. The first-order valence-electron chi connectivity index (χ1n) is 11.1. The number of nitrogens with zero attached hydrogens (tertiary/aromatic N) is 4. The summed E-state index contributed by atoms with van der Waals surface area (Å²) in [5.74, 6) is 0.787. The fourth-order valence-electron chi connectivity index (χ4n) is 3.26. The number of hydrogen-bond donors (Lipinski definition) is 2. The highest BCUT2D eigenvalue weighted by molar-refractivity contribution is 5.80. The molecule has 0 aliphatic heterocycles. The minimum atomic E-state index is 0.216. The van der Waals surface area contributed by atoms with Gasteiger partial charge in [0.05, 0.1) is 24.2 Å². The molecule has 0 saturated heterocycles. The normalized spacial score (nSPS) is 10.9. The fourth-order valence-corrected chi connectivity index (χ4v) is 3.26. The summed E-state index contributed by atoms with van der Waals surface area (Å²) in [7, 11) is 0. The quantitative estimate of drug-likeness (QED) is 0.241. The molecule has 0 unspecified atom stereocenters. The zero-order chi connectivity index (χ0) is 22.6. The van der Waals surface area contributed by atoms with Crippen LogP contribution in [-0.2, 0) is 6.42 Å². The Morgan fingerprint density at radius 2 is 1.84 bits per heavy atom. The first-order valence-corrected chi connectivity index (χ1v) is 11.1. The molecule has 0 aliphatic rings. The standard InChI is InChI=1S/C25H31N5O2/c1-3-14-30(15-4-2)23-17-22(19-27-29-21-8-10-24(31)11-9-21)28-25(18-23)32-16-12-20-7-5-6-13-26-20/h5-11,13,17-19,29,31H,3-4,12,14-16H2,1-2H3/b27-19+. The Kier molecular flexibility index (Phi) is 8.86. The minimum absolute atomic E-state index is 0.216. The van der Waals surface area contributed by atoms with Gasteiger partial charge in [-0.15, -0.1) is 0 Å². The van der Waals surface area contributed by atoms with Crippen molar-refractivity contribution in [3.63, 3.8) is 0 Å². The number of phenols is 1. The van der Waals surface area contributed by atoms with Crippen LogP contribution in [0.1, 0.15) is 38.1 Å². The number of benzene rings is 1. The number of aromatic nitrogens is 2. The van der Waals surface area contributed by atoms with Crippen molar-refractivity contribution in [2.24, 2.45) is 5.10 Å². The summed E-state index contributed by atoms with van der Waals surface area (Å²) in [5.41, 5.74) is 6.50. The van der Waals surface area contributed by atoms with Gasteiger partial charge in [0, 0.05) is 43.2 Å². The highest BCUT2D eigenvalue weighted by atomic mass is 16.5. The number of hydrazone groups is 1. The number of hydrogen-bond acceptors (Lipinski definition) is 7. The number of aromatic hydroxyl groups is 1. The van der Waals surface area contributed by atoms with Crippen LogP contribution in [0.25, 0.3) is 0 Å². The van der Waals surface area contributed by atoms with Crippen molar-refractivity contribution < 1.29 is 9.84 Å². The zero-order valence-electron chi connectivity index (χ0n) is 18.7. The summed E-state index contributed by atoms with van der Waals surface area (Å²) in [6.45, 7) is 6.79.